The van der Waals surface area contributed by atoms with E-state index in [1.807, 2.05) is 24.3 Å². The van der Waals surface area contributed by atoms with Crippen molar-refractivity contribution in [1.82, 2.24) is 0 Å². The lowest BCUT2D eigenvalue weighted by Gasteiger charge is -2.23. The van der Waals surface area contributed by atoms with Crippen molar-refractivity contribution in [2.24, 2.45) is 11.8 Å². The molecule has 3 rings (SSSR count). The Morgan fingerprint density at radius 1 is 0.960 bits per heavy atom. The van der Waals surface area contributed by atoms with Crippen molar-refractivity contribution in [3.63, 3.8) is 0 Å². The number of benzene rings is 1. The van der Waals surface area contributed by atoms with Crippen LogP contribution in [0.2, 0.25) is 0 Å². The highest BCUT2D eigenvalue weighted by Crippen LogP contribution is 2.42. The van der Waals surface area contributed by atoms with E-state index < -0.39 is 0 Å². The van der Waals surface area contributed by atoms with Crippen molar-refractivity contribution in [3.05, 3.63) is 35.4 Å². The molecule has 0 bridgehead atoms. The van der Waals surface area contributed by atoms with Crippen LogP contribution < -0.4 is 9.64 Å². The first-order valence-corrected chi connectivity index (χ1v) is 9.28. The molecule has 1 aromatic carbocycles. The molecule has 0 radical (unpaired) electrons. The number of unbranched alkanes of at least 4 members (excludes halogenated alkanes) is 2. The molecule has 1 heterocycles. The summed E-state index contributed by atoms with van der Waals surface area (Å²) in [7, 11) is 0. The van der Waals surface area contributed by atoms with E-state index in [9.17, 15) is 9.59 Å². The highest BCUT2D eigenvalue weighted by atomic mass is 16.5. The van der Waals surface area contributed by atoms with E-state index in [2.05, 4.69) is 20.8 Å². The molecule has 1 aliphatic carbocycles. The Bertz CT molecular complexity index is 658. The third kappa shape index (κ3) is 3.48. The Hall–Kier alpha value is -2.10. The van der Waals surface area contributed by atoms with Gasteiger partial charge in [0, 0.05) is 0 Å². The molecule has 4 nitrogen and oxygen atoms in total. The van der Waals surface area contributed by atoms with Gasteiger partial charge in [0.25, 0.3) is 0 Å². The average Bonchev–Trinajstić information content (AvgIpc) is 2.84. The molecular formula is C21H27NO3. The Kier molecular flexibility index (Phi) is 5.26. The number of hydrogen-bond donors (Lipinski definition) is 0. The van der Waals surface area contributed by atoms with Crippen molar-refractivity contribution in [2.75, 3.05) is 11.5 Å². The van der Waals surface area contributed by atoms with Gasteiger partial charge in [0.15, 0.2) is 0 Å². The van der Waals surface area contributed by atoms with Crippen molar-refractivity contribution < 1.29 is 14.3 Å². The molecule has 1 aromatic rings. The minimum Gasteiger partial charge on any atom is -0.494 e. The summed E-state index contributed by atoms with van der Waals surface area (Å²) in [5, 5.41) is 0. The second-order valence-electron chi connectivity index (χ2n) is 7.24. The van der Waals surface area contributed by atoms with Crippen LogP contribution >= 0.6 is 0 Å². The van der Waals surface area contributed by atoms with Gasteiger partial charge in [-0.2, -0.15) is 0 Å². The zero-order chi connectivity index (χ0) is 18.0. The smallest absolute Gasteiger partial charge is 0.238 e. The zero-order valence-electron chi connectivity index (χ0n) is 15.4. The van der Waals surface area contributed by atoms with E-state index in [-0.39, 0.29) is 23.7 Å². The number of allylic oxidation sites excluding steroid dienone is 2. The number of carbonyl (C=O) groups excluding carboxylic acids is 2. The van der Waals surface area contributed by atoms with Crippen LogP contribution in [0.15, 0.2) is 35.4 Å². The maximum Gasteiger partial charge on any atom is 0.238 e. The van der Waals surface area contributed by atoms with Gasteiger partial charge in [0.2, 0.25) is 11.8 Å². The maximum absolute atomic E-state index is 12.8. The molecule has 0 N–H and O–H groups in total. The fourth-order valence-corrected chi connectivity index (χ4v) is 3.74. The fraction of sp³-hybridized carbons (Fsp3) is 0.524. The summed E-state index contributed by atoms with van der Waals surface area (Å²) in [6.45, 7) is 6.99. The second kappa shape index (κ2) is 7.42. The Morgan fingerprint density at radius 3 is 2.04 bits per heavy atom. The van der Waals surface area contributed by atoms with Crippen LogP contribution in [0.25, 0.3) is 0 Å². The number of anilines is 1. The lowest BCUT2D eigenvalue weighted by atomic mass is 9.78. The van der Waals surface area contributed by atoms with E-state index in [0.29, 0.717) is 25.1 Å². The van der Waals surface area contributed by atoms with Crippen LogP contribution in [-0.4, -0.2) is 18.4 Å². The molecule has 4 heteroatoms. The Morgan fingerprint density at radius 2 is 1.52 bits per heavy atom. The quantitative estimate of drug-likeness (QED) is 0.435. The second-order valence-corrected chi connectivity index (χ2v) is 7.24. The summed E-state index contributed by atoms with van der Waals surface area (Å²) in [5.41, 5.74) is 3.15. The third-order valence-corrected chi connectivity index (χ3v) is 5.45. The molecule has 0 aromatic heterocycles. The summed E-state index contributed by atoms with van der Waals surface area (Å²) in [6, 6.07) is 7.32. The lowest BCUT2D eigenvalue weighted by molar-refractivity contribution is -0.122. The first-order valence-electron chi connectivity index (χ1n) is 9.28. The highest BCUT2D eigenvalue weighted by molar-refractivity contribution is 6.22. The third-order valence-electron chi connectivity index (χ3n) is 5.45. The lowest BCUT2D eigenvalue weighted by Crippen LogP contribution is -2.30. The molecule has 2 aliphatic rings. The Labute approximate surface area is 149 Å². The molecule has 0 unspecified atom stereocenters. The van der Waals surface area contributed by atoms with Gasteiger partial charge in [-0.1, -0.05) is 30.9 Å². The monoisotopic (exact) mass is 341 g/mol. The van der Waals surface area contributed by atoms with Crippen molar-refractivity contribution in [3.8, 4) is 5.75 Å². The van der Waals surface area contributed by atoms with Crippen LogP contribution in [-0.2, 0) is 9.59 Å². The first-order chi connectivity index (χ1) is 12.0. The Balaban J connectivity index is 1.70. The van der Waals surface area contributed by atoms with Gasteiger partial charge in [-0.25, -0.2) is 0 Å². The largest absolute Gasteiger partial charge is 0.494 e. The number of rotatable bonds is 6. The number of nitrogens with zero attached hydrogens (tertiary/aromatic N) is 1. The molecule has 1 saturated heterocycles. The normalized spacial score (nSPS) is 23.2. The van der Waals surface area contributed by atoms with E-state index in [1.54, 1.807) is 0 Å². The minimum atomic E-state index is -0.193. The fourth-order valence-electron chi connectivity index (χ4n) is 3.74. The number of fused-ring (bicyclic) bond motifs is 1. The molecule has 2 amide bonds. The summed E-state index contributed by atoms with van der Waals surface area (Å²) in [5.74, 6) is 0.281. The SMILES string of the molecule is CCCCCOc1ccc(N2C(=O)[C@H]3CC(C)=C(C)C[C@H]3C2=O)cc1. The van der Waals surface area contributed by atoms with Gasteiger partial charge in [-0.15, -0.1) is 0 Å². The molecule has 25 heavy (non-hydrogen) atoms. The predicted octanol–water partition coefficient (Wildman–Crippen LogP) is 4.49. The summed E-state index contributed by atoms with van der Waals surface area (Å²) in [4.78, 5) is 26.9. The zero-order valence-corrected chi connectivity index (χ0v) is 15.4. The maximum atomic E-state index is 12.8. The number of imide groups is 1. The molecule has 0 saturated carbocycles. The topological polar surface area (TPSA) is 46.6 Å². The summed E-state index contributed by atoms with van der Waals surface area (Å²) in [6.07, 6.45) is 4.77. The predicted molar refractivity (Wildman–Crippen MR) is 98.5 cm³/mol. The number of amides is 2. The van der Waals surface area contributed by atoms with Crippen molar-refractivity contribution in [2.45, 2.75) is 52.9 Å². The van der Waals surface area contributed by atoms with Crippen LogP contribution in [0.5, 0.6) is 5.75 Å². The van der Waals surface area contributed by atoms with Gasteiger partial charge in [-0.05, 0) is 57.4 Å². The first kappa shape index (κ1) is 17.7. The highest BCUT2D eigenvalue weighted by Gasteiger charge is 2.49. The van der Waals surface area contributed by atoms with Crippen molar-refractivity contribution >= 4 is 17.5 Å². The summed E-state index contributed by atoms with van der Waals surface area (Å²) < 4.78 is 5.71. The van der Waals surface area contributed by atoms with E-state index in [4.69, 9.17) is 4.74 Å². The van der Waals surface area contributed by atoms with Crippen molar-refractivity contribution in [1.29, 1.82) is 0 Å². The molecule has 1 fully saturated rings. The molecule has 134 valence electrons. The number of carbonyl (C=O) groups is 2. The number of hydrogen-bond acceptors (Lipinski definition) is 3. The minimum absolute atomic E-state index is 0.0570. The van der Waals surface area contributed by atoms with Crippen LogP contribution in [0, 0.1) is 11.8 Å². The van der Waals surface area contributed by atoms with Crippen LogP contribution in [0.4, 0.5) is 5.69 Å². The average molecular weight is 341 g/mol. The van der Waals surface area contributed by atoms with E-state index in [1.165, 1.54) is 16.0 Å². The molecular weight excluding hydrogens is 314 g/mol. The standard InChI is InChI=1S/C21H27NO3/c1-4-5-6-11-25-17-9-7-16(8-10-17)22-20(23)18-12-14(2)15(3)13-19(18)21(22)24/h7-10,18-19H,4-6,11-13H2,1-3H3/t18-,19+. The molecule has 2 atom stereocenters. The van der Waals surface area contributed by atoms with Gasteiger partial charge in [0.05, 0.1) is 24.1 Å². The van der Waals surface area contributed by atoms with Crippen LogP contribution in [0.3, 0.4) is 0 Å². The summed E-state index contributed by atoms with van der Waals surface area (Å²) >= 11 is 0. The molecule has 1 aliphatic heterocycles. The number of ether oxygens (including phenoxy) is 1. The van der Waals surface area contributed by atoms with Gasteiger partial charge < -0.3 is 4.74 Å². The van der Waals surface area contributed by atoms with E-state index >= 15 is 0 Å². The van der Waals surface area contributed by atoms with E-state index in [0.717, 1.165) is 25.0 Å². The van der Waals surface area contributed by atoms with Crippen LogP contribution in [0.1, 0.15) is 52.9 Å². The van der Waals surface area contributed by atoms with Gasteiger partial charge >= 0.3 is 0 Å². The van der Waals surface area contributed by atoms with Gasteiger partial charge in [0.1, 0.15) is 5.75 Å². The molecule has 0 spiro atoms. The van der Waals surface area contributed by atoms with Gasteiger partial charge in [-0.3, -0.25) is 14.5 Å².